The van der Waals surface area contributed by atoms with E-state index >= 15 is 0 Å². The van der Waals surface area contributed by atoms with Crippen LogP contribution in [0.25, 0.3) is 0 Å². The minimum absolute atomic E-state index is 0.0802. The summed E-state index contributed by atoms with van der Waals surface area (Å²) in [7, 11) is -3.59. The summed E-state index contributed by atoms with van der Waals surface area (Å²) in [5.74, 6) is 0.743. The summed E-state index contributed by atoms with van der Waals surface area (Å²) in [4.78, 5) is 12.7. The van der Waals surface area contributed by atoms with E-state index in [-0.39, 0.29) is 24.4 Å². The third-order valence-corrected chi connectivity index (χ3v) is 6.40. The number of aryl methyl sites for hydroxylation is 2. The van der Waals surface area contributed by atoms with Crippen LogP contribution >= 0.6 is 0 Å². The third-order valence-electron chi connectivity index (χ3n) is 5.25. The van der Waals surface area contributed by atoms with E-state index in [1.807, 2.05) is 38.1 Å². The van der Waals surface area contributed by atoms with Gasteiger partial charge >= 0.3 is 0 Å². The number of nitrogens with one attached hydrogen (secondary N) is 1. The van der Waals surface area contributed by atoms with Gasteiger partial charge in [-0.1, -0.05) is 32.9 Å². The number of carbonyl (C=O) groups is 1. The molecule has 1 aliphatic rings. The van der Waals surface area contributed by atoms with Gasteiger partial charge in [-0.3, -0.25) is 9.10 Å². The number of rotatable bonds is 6. The third kappa shape index (κ3) is 5.73. The molecule has 0 bridgehead atoms. The second kappa shape index (κ2) is 9.02. The Labute approximate surface area is 190 Å². The van der Waals surface area contributed by atoms with Gasteiger partial charge in [-0.25, -0.2) is 8.42 Å². The molecule has 1 N–H and O–H groups in total. The second-order valence-electron chi connectivity index (χ2n) is 9.30. The summed E-state index contributed by atoms with van der Waals surface area (Å²) >= 11 is 0. The zero-order valence-electron chi connectivity index (χ0n) is 19.6. The molecule has 1 heterocycles. The summed E-state index contributed by atoms with van der Waals surface area (Å²) in [5.41, 5.74) is 3.51. The van der Waals surface area contributed by atoms with Crippen LogP contribution in [0.3, 0.4) is 0 Å². The summed E-state index contributed by atoms with van der Waals surface area (Å²) in [6.45, 7) is 10.7. The molecular formula is C24H32N2O5S. The molecule has 3 rings (SSSR count). The van der Waals surface area contributed by atoms with Crippen LogP contribution in [-0.4, -0.2) is 46.4 Å². The Kier molecular flexibility index (Phi) is 6.74. The van der Waals surface area contributed by atoms with E-state index in [1.54, 1.807) is 6.07 Å². The number of benzene rings is 2. The van der Waals surface area contributed by atoms with Crippen molar-refractivity contribution in [3.05, 3.63) is 53.1 Å². The Morgan fingerprint density at radius 2 is 1.81 bits per heavy atom. The Hall–Kier alpha value is -2.74. The number of sulfonamides is 1. The van der Waals surface area contributed by atoms with E-state index in [0.29, 0.717) is 18.0 Å². The minimum atomic E-state index is -3.59. The molecule has 0 fully saturated rings. The predicted molar refractivity (Wildman–Crippen MR) is 126 cm³/mol. The molecule has 7 nitrogen and oxygen atoms in total. The molecule has 2 aromatic carbocycles. The van der Waals surface area contributed by atoms with Crippen molar-refractivity contribution in [2.24, 2.45) is 0 Å². The Bertz CT molecular complexity index is 1090. The maximum Gasteiger partial charge on any atom is 0.263 e. The fourth-order valence-corrected chi connectivity index (χ4v) is 4.55. The van der Waals surface area contributed by atoms with Crippen LogP contribution in [-0.2, 0) is 20.2 Å². The Balaban J connectivity index is 1.67. The monoisotopic (exact) mass is 460 g/mol. The largest absolute Gasteiger partial charge is 0.492 e. The highest BCUT2D eigenvalue weighted by Crippen LogP contribution is 2.38. The van der Waals surface area contributed by atoms with Gasteiger partial charge in [0.25, 0.3) is 5.91 Å². The van der Waals surface area contributed by atoms with Gasteiger partial charge in [0, 0.05) is 0 Å². The average Bonchev–Trinajstić information content (AvgIpc) is 2.67. The van der Waals surface area contributed by atoms with Crippen LogP contribution in [0, 0.1) is 13.8 Å². The molecule has 0 aromatic heterocycles. The molecule has 1 unspecified atom stereocenters. The first-order chi connectivity index (χ1) is 14.8. The summed E-state index contributed by atoms with van der Waals surface area (Å²) in [6, 6.07) is 11.4. The number of carbonyl (C=O) groups excluding carboxylic acids is 1. The van der Waals surface area contributed by atoms with Crippen molar-refractivity contribution in [2.75, 3.05) is 30.3 Å². The first-order valence-corrected chi connectivity index (χ1v) is 12.5. The first-order valence-electron chi connectivity index (χ1n) is 10.6. The Morgan fingerprint density at radius 3 is 2.41 bits per heavy atom. The van der Waals surface area contributed by atoms with Gasteiger partial charge in [-0.2, -0.15) is 0 Å². The van der Waals surface area contributed by atoms with E-state index in [9.17, 15) is 13.2 Å². The minimum Gasteiger partial charge on any atom is -0.492 e. The normalized spacial score (nSPS) is 16.2. The summed E-state index contributed by atoms with van der Waals surface area (Å²) < 4.78 is 37.8. The van der Waals surface area contributed by atoms with E-state index < -0.39 is 16.1 Å². The van der Waals surface area contributed by atoms with E-state index in [1.165, 1.54) is 4.31 Å². The van der Waals surface area contributed by atoms with Crippen molar-refractivity contribution in [2.45, 2.75) is 46.1 Å². The number of hydrogen-bond acceptors (Lipinski definition) is 5. The van der Waals surface area contributed by atoms with Gasteiger partial charge in [-0.05, 0) is 60.2 Å². The molecule has 0 aliphatic carbocycles. The lowest BCUT2D eigenvalue weighted by Crippen LogP contribution is -2.51. The highest BCUT2D eigenvalue weighted by molar-refractivity contribution is 7.92. The van der Waals surface area contributed by atoms with Crippen LogP contribution in [0.4, 0.5) is 5.69 Å². The molecule has 8 heteroatoms. The predicted octanol–water partition coefficient (Wildman–Crippen LogP) is 3.32. The molecular weight excluding hydrogens is 428 g/mol. The SMILES string of the molecule is Cc1cc(C)cc(OCCNC(=O)C2CN(S(C)(=O)=O)c3cc(C(C)(C)C)ccc3O2)c1. The lowest BCUT2D eigenvalue weighted by Gasteiger charge is -2.35. The van der Waals surface area contributed by atoms with E-state index in [2.05, 4.69) is 32.2 Å². The first kappa shape index (κ1) is 23.9. The van der Waals surface area contributed by atoms with Gasteiger partial charge in [0.05, 0.1) is 25.0 Å². The highest BCUT2D eigenvalue weighted by Gasteiger charge is 2.35. The standard InChI is InChI=1S/C24H32N2O5S/c1-16-11-17(2)13-19(12-16)30-10-9-25-23(27)22-15-26(32(6,28)29)20-14-18(24(3,4)5)7-8-21(20)31-22/h7-8,11-14,22H,9-10,15H2,1-6H3,(H,25,27). The van der Waals surface area contributed by atoms with Crippen LogP contribution in [0.1, 0.15) is 37.5 Å². The molecule has 0 radical (unpaired) electrons. The molecule has 1 amide bonds. The molecule has 32 heavy (non-hydrogen) atoms. The Morgan fingerprint density at radius 1 is 1.16 bits per heavy atom. The van der Waals surface area contributed by atoms with Crippen molar-refractivity contribution in [1.29, 1.82) is 0 Å². The zero-order chi connectivity index (χ0) is 23.7. The highest BCUT2D eigenvalue weighted by atomic mass is 32.2. The lowest BCUT2D eigenvalue weighted by atomic mass is 9.86. The van der Waals surface area contributed by atoms with Crippen molar-refractivity contribution in [3.63, 3.8) is 0 Å². The topological polar surface area (TPSA) is 84.9 Å². The van der Waals surface area contributed by atoms with Crippen molar-refractivity contribution < 1.29 is 22.7 Å². The fraction of sp³-hybridized carbons (Fsp3) is 0.458. The molecule has 0 saturated carbocycles. The number of amides is 1. The van der Waals surface area contributed by atoms with Crippen molar-refractivity contribution in [1.82, 2.24) is 5.32 Å². The molecule has 0 spiro atoms. The van der Waals surface area contributed by atoms with Gasteiger partial charge < -0.3 is 14.8 Å². The van der Waals surface area contributed by atoms with Crippen LogP contribution in [0.2, 0.25) is 0 Å². The fourth-order valence-electron chi connectivity index (χ4n) is 3.64. The summed E-state index contributed by atoms with van der Waals surface area (Å²) in [6.07, 6.45) is 0.192. The molecule has 2 aromatic rings. The van der Waals surface area contributed by atoms with E-state index in [0.717, 1.165) is 28.7 Å². The van der Waals surface area contributed by atoms with Crippen molar-refractivity contribution in [3.8, 4) is 11.5 Å². The number of hydrogen-bond donors (Lipinski definition) is 1. The van der Waals surface area contributed by atoms with E-state index in [4.69, 9.17) is 9.47 Å². The van der Waals surface area contributed by atoms with Crippen LogP contribution in [0.5, 0.6) is 11.5 Å². The van der Waals surface area contributed by atoms with Gasteiger partial charge in [-0.15, -0.1) is 0 Å². The summed E-state index contributed by atoms with van der Waals surface area (Å²) in [5, 5.41) is 2.78. The molecule has 0 saturated heterocycles. The molecule has 174 valence electrons. The van der Waals surface area contributed by atoms with Gasteiger partial charge in [0.2, 0.25) is 10.0 Å². The van der Waals surface area contributed by atoms with Crippen LogP contribution in [0.15, 0.2) is 36.4 Å². The zero-order valence-corrected chi connectivity index (χ0v) is 20.4. The average molecular weight is 461 g/mol. The maximum atomic E-state index is 12.7. The second-order valence-corrected chi connectivity index (χ2v) is 11.2. The smallest absolute Gasteiger partial charge is 0.263 e. The number of nitrogens with zero attached hydrogens (tertiary/aromatic N) is 1. The number of fused-ring (bicyclic) bond motifs is 1. The van der Waals surface area contributed by atoms with Gasteiger partial charge in [0.1, 0.15) is 18.1 Å². The molecule has 1 aliphatic heterocycles. The quantitative estimate of drug-likeness (QED) is 0.669. The van der Waals surface area contributed by atoms with Crippen molar-refractivity contribution >= 4 is 21.6 Å². The van der Waals surface area contributed by atoms with Crippen LogP contribution < -0.4 is 19.1 Å². The number of anilines is 1. The van der Waals surface area contributed by atoms with Gasteiger partial charge in [0.15, 0.2) is 6.10 Å². The number of ether oxygens (including phenoxy) is 2. The molecule has 1 atom stereocenters. The lowest BCUT2D eigenvalue weighted by molar-refractivity contribution is -0.127. The maximum absolute atomic E-state index is 12.7.